The fourth-order valence-electron chi connectivity index (χ4n) is 3.28. The molecule has 10 nitrogen and oxygen atoms in total. The summed E-state index contributed by atoms with van der Waals surface area (Å²) in [6.07, 6.45) is 1.36. The summed E-state index contributed by atoms with van der Waals surface area (Å²) in [4.78, 5) is 17.3. The third-order valence-electron chi connectivity index (χ3n) is 4.56. The second kappa shape index (κ2) is 9.46. The van der Waals surface area contributed by atoms with E-state index in [1.807, 2.05) is 6.92 Å². The number of ether oxygens (including phenoxy) is 3. The van der Waals surface area contributed by atoms with Crippen molar-refractivity contribution in [1.29, 1.82) is 0 Å². The van der Waals surface area contributed by atoms with Gasteiger partial charge in [0.05, 0.1) is 32.2 Å². The van der Waals surface area contributed by atoms with Crippen LogP contribution >= 0.6 is 0 Å². The third kappa shape index (κ3) is 4.34. The number of aromatic nitrogens is 5. The van der Waals surface area contributed by atoms with E-state index in [0.29, 0.717) is 41.2 Å². The van der Waals surface area contributed by atoms with Gasteiger partial charge in [0.15, 0.2) is 11.5 Å². The fraction of sp³-hybridized carbons (Fsp3) is 0.238. The molecule has 0 bridgehead atoms. The van der Waals surface area contributed by atoms with E-state index in [2.05, 4.69) is 24.7 Å². The summed E-state index contributed by atoms with van der Waals surface area (Å²) in [6, 6.07) is 10.5. The third-order valence-corrected chi connectivity index (χ3v) is 5.04. The Morgan fingerprint density at radius 1 is 1.03 bits per heavy atom. The van der Waals surface area contributed by atoms with Crippen molar-refractivity contribution in [2.24, 2.45) is 0 Å². The molecular weight excluding hydrogens is 451 g/mol. The normalized spacial score (nSPS) is 11.9. The molecular formula is C21H21FN6O4S. The van der Waals surface area contributed by atoms with Crippen LogP contribution in [0.3, 0.4) is 0 Å². The van der Waals surface area contributed by atoms with Crippen LogP contribution in [0.1, 0.15) is 6.92 Å². The van der Waals surface area contributed by atoms with E-state index in [1.54, 1.807) is 41.0 Å². The van der Waals surface area contributed by atoms with E-state index >= 15 is 0 Å². The highest BCUT2D eigenvalue weighted by molar-refractivity contribution is 7.92. The average molecular weight is 473 g/mol. The Hall–Kier alpha value is -3.64. The Morgan fingerprint density at radius 3 is 2.36 bits per heavy atom. The minimum Gasteiger partial charge on any atom is -0.593 e. The van der Waals surface area contributed by atoms with Gasteiger partial charge in [-0.15, -0.1) is 0 Å². The van der Waals surface area contributed by atoms with Crippen molar-refractivity contribution < 1.29 is 23.2 Å². The number of anilines is 1. The number of imidazole rings is 1. The maximum atomic E-state index is 14.6. The standard InChI is InChI=1S/C21H21FN6O4S/c1-5-32-15-11-6-8-12(23-15)20-26-19-21(25-18(17(22)24-19)27-33(4)29)28(20)16-13(30-2)9-7-10-14(16)31-3/h6-11H,5H2,1-4H3,(H,25,27). The van der Waals surface area contributed by atoms with Crippen LogP contribution in [-0.4, -0.2) is 56.1 Å². The van der Waals surface area contributed by atoms with Crippen LogP contribution in [0, 0.1) is 5.95 Å². The molecule has 1 aromatic carbocycles. The molecule has 1 atom stereocenters. The van der Waals surface area contributed by atoms with Crippen LogP contribution in [0.4, 0.5) is 10.2 Å². The number of nitrogens with one attached hydrogen (secondary N) is 1. The quantitative estimate of drug-likeness (QED) is 0.386. The first-order valence-electron chi connectivity index (χ1n) is 9.84. The van der Waals surface area contributed by atoms with Crippen LogP contribution in [0.25, 0.3) is 28.5 Å². The van der Waals surface area contributed by atoms with Crippen molar-refractivity contribution in [3.63, 3.8) is 0 Å². The number of pyridine rings is 1. The molecule has 0 fully saturated rings. The van der Waals surface area contributed by atoms with Crippen LogP contribution in [0.15, 0.2) is 36.4 Å². The number of nitrogens with zero attached hydrogens (tertiary/aromatic N) is 5. The highest BCUT2D eigenvalue weighted by atomic mass is 32.2. The van der Waals surface area contributed by atoms with Crippen LogP contribution < -0.4 is 18.9 Å². The summed E-state index contributed by atoms with van der Waals surface area (Å²) in [7, 11) is 3.03. The maximum Gasteiger partial charge on any atom is 0.262 e. The molecule has 1 unspecified atom stereocenters. The van der Waals surface area contributed by atoms with Gasteiger partial charge in [-0.2, -0.15) is 14.1 Å². The molecule has 3 heterocycles. The molecule has 1 N–H and O–H groups in total. The SMILES string of the molecule is CCOc1cccc(-c2nc3nc(F)c(N[S+](C)[O-])nc3n2-c2c(OC)cccc2OC)n1. The number of para-hydroxylation sites is 1. The Kier molecular flexibility index (Phi) is 6.47. The van der Waals surface area contributed by atoms with E-state index < -0.39 is 17.3 Å². The number of benzene rings is 1. The van der Waals surface area contributed by atoms with Crippen molar-refractivity contribution in [3.05, 3.63) is 42.3 Å². The van der Waals surface area contributed by atoms with Gasteiger partial charge in [-0.3, -0.25) is 4.57 Å². The number of hydrogen-bond donors (Lipinski definition) is 1. The van der Waals surface area contributed by atoms with Crippen molar-refractivity contribution in [2.45, 2.75) is 6.92 Å². The van der Waals surface area contributed by atoms with Crippen molar-refractivity contribution in [2.75, 3.05) is 31.8 Å². The summed E-state index contributed by atoms with van der Waals surface area (Å²) >= 11 is -1.57. The van der Waals surface area contributed by atoms with E-state index in [1.165, 1.54) is 20.5 Å². The van der Waals surface area contributed by atoms with Gasteiger partial charge in [0.1, 0.15) is 29.1 Å². The van der Waals surface area contributed by atoms with E-state index in [9.17, 15) is 8.94 Å². The minimum absolute atomic E-state index is 0.0199. The van der Waals surface area contributed by atoms with Gasteiger partial charge in [0, 0.05) is 6.07 Å². The molecule has 4 rings (SSSR count). The van der Waals surface area contributed by atoms with Gasteiger partial charge in [0.2, 0.25) is 17.3 Å². The summed E-state index contributed by atoms with van der Waals surface area (Å²) < 4.78 is 47.0. The highest BCUT2D eigenvalue weighted by Crippen LogP contribution is 2.38. The zero-order valence-corrected chi connectivity index (χ0v) is 19.1. The molecule has 0 saturated carbocycles. The van der Waals surface area contributed by atoms with E-state index in [0.717, 1.165) is 0 Å². The molecule has 0 aliphatic carbocycles. The molecule has 33 heavy (non-hydrogen) atoms. The van der Waals surface area contributed by atoms with Crippen LogP contribution in [0.5, 0.6) is 17.4 Å². The summed E-state index contributed by atoms with van der Waals surface area (Å²) in [6.45, 7) is 2.29. The molecule has 12 heteroatoms. The Morgan fingerprint density at radius 2 is 1.73 bits per heavy atom. The van der Waals surface area contributed by atoms with Gasteiger partial charge < -0.3 is 18.8 Å². The molecule has 4 aromatic rings. The first-order valence-corrected chi connectivity index (χ1v) is 11.4. The second-order valence-corrected chi connectivity index (χ2v) is 7.75. The first kappa shape index (κ1) is 22.6. The minimum atomic E-state index is -1.57. The first-order chi connectivity index (χ1) is 16.0. The fourth-order valence-corrected chi connectivity index (χ4v) is 3.68. The lowest BCUT2D eigenvalue weighted by atomic mass is 10.2. The van der Waals surface area contributed by atoms with Crippen molar-refractivity contribution >= 4 is 28.5 Å². The van der Waals surface area contributed by atoms with Gasteiger partial charge in [-0.25, -0.2) is 15.0 Å². The van der Waals surface area contributed by atoms with Crippen molar-refractivity contribution in [3.8, 4) is 34.6 Å². The second-order valence-electron chi connectivity index (χ2n) is 6.64. The molecule has 0 radical (unpaired) electrons. The summed E-state index contributed by atoms with van der Waals surface area (Å²) in [5.74, 6) is 0.406. The smallest absolute Gasteiger partial charge is 0.262 e. The monoisotopic (exact) mass is 472 g/mol. The van der Waals surface area contributed by atoms with Gasteiger partial charge in [0.25, 0.3) is 5.95 Å². The van der Waals surface area contributed by atoms with Crippen LogP contribution in [-0.2, 0) is 11.4 Å². The average Bonchev–Trinajstić information content (AvgIpc) is 3.16. The number of fused-ring (bicyclic) bond motifs is 1. The maximum absolute atomic E-state index is 14.6. The molecule has 0 amide bonds. The molecule has 3 aromatic heterocycles. The zero-order valence-electron chi connectivity index (χ0n) is 18.3. The highest BCUT2D eigenvalue weighted by Gasteiger charge is 2.25. The predicted octanol–water partition coefficient (Wildman–Crippen LogP) is 3.14. The topological polar surface area (TPSA) is 119 Å². The zero-order chi connectivity index (χ0) is 23.5. The number of halogens is 1. The lowest BCUT2D eigenvalue weighted by Gasteiger charge is -2.16. The molecule has 0 aliphatic rings. The predicted molar refractivity (Wildman–Crippen MR) is 122 cm³/mol. The summed E-state index contributed by atoms with van der Waals surface area (Å²) in [5, 5.41) is 0. The lowest BCUT2D eigenvalue weighted by molar-refractivity contribution is 0.327. The Bertz CT molecular complexity index is 1280. The molecule has 0 spiro atoms. The van der Waals surface area contributed by atoms with Gasteiger partial charge in [-0.05, 0) is 25.1 Å². The number of methoxy groups -OCH3 is 2. The Labute approximate surface area is 192 Å². The van der Waals surface area contributed by atoms with Gasteiger partial charge in [-0.1, -0.05) is 12.1 Å². The number of hydrogen-bond acceptors (Lipinski definition) is 9. The van der Waals surface area contributed by atoms with Gasteiger partial charge >= 0.3 is 0 Å². The van der Waals surface area contributed by atoms with Crippen LogP contribution in [0.2, 0.25) is 0 Å². The number of rotatable bonds is 8. The molecule has 172 valence electrons. The van der Waals surface area contributed by atoms with Crippen molar-refractivity contribution in [1.82, 2.24) is 24.5 Å². The molecule has 0 saturated heterocycles. The largest absolute Gasteiger partial charge is 0.593 e. The Balaban J connectivity index is 2.08. The van der Waals surface area contributed by atoms with E-state index in [-0.39, 0.29) is 17.1 Å². The molecule has 0 aliphatic heterocycles. The lowest BCUT2D eigenvalue weighted by Crippen LogP contribution is -2.14. The summed E-state index contributed by atoms with van der Waals surface area (Å²) in [5.41, 5.74) is 1.10. The van der Waals surface area contributed by atoms with E-state index in [4.69, 9.17) is 14.2 Å².